The molecule has 2 heterocycles. The van der Waals surface area contributed by atoms with Gasteiger partial charge in [0, 0.05) is 20.5 Å². The van der Waals surface area contributed by atoms with Gasteiger partial charge in [0.1, 0.15) is 11.6 Å². The third-order valence-electron chi connectivity index (χ3n) is 3.56. The molecule has 0 radical (unpaired) electrons. The fourth-order valence-corrected chi connectivity index (χ4v) is 2.40. The molecule has 3 rings (SSSR count). The SMILES string of the molecule is CN(C)c1ccc2[nH]c(CCCc3ccccc3)nc2n1. The van der Waals surface area contributed by atoms with E-state index in [2.05, 4.69) is 45.3 Å². The summed E-state index contributed by atoms with van der Waals surface area (Å²) in [5, 5.41) is 0. The van der Waals surface area contributed by atoms with Crippen LogP contribution in [0.2, 0.25) is 0 Å². The van der Waals surface area contributed by atoms with Gasteiger partial charge in [-0.05, 0) is 30.5 Å². The number of aryl methyl sites for hydroxylation is 2. The van der Waals surface area contributed by atoms with Crippen molar-refractivity contribution in [2.75, 3.05) is 19.0 Å². The van der Waals surface area contributed by atoms with Crippen molar-refractivity contribution < 1.29 is 0 Å². The molecule has 0 unspecified atom stereocenters. The molecular weight excluding hydrogens is 260 g/mol. The number of H-pyrrole nitrogens is 1. The lowest BCUT2D eigenvalue weighted by Gasteiger charge is -2.09. The van der Waals surface area contributed by atoms with Crippen molar-refractivity contribution in [2.45, 2.75) is 19.3 Å². The molecule has 0 aliphatic rings. The summed E-state index contributed by atoms with van der Waals surface area (Å²) in [5.41, 5.74) is 3.19. The number of rotatable bonds is 5. The summed E-state index contributed by atoms with van der Waals surface area (Å²) in [6.07, 6.45) is 3.11. The fraction of sp³-hybridized carbons (Fsp3) is 0.294. The maximum atomic E-state index is 4.59. The summed E-state index contributed by atoms with van der Waals surface area (Å²) in [4.78, 5) is 14.5. The fourth-order valence-electron chi connectivity index (χ4n) is 2.40. The van der Waals surface area contributed by atoms with Crippen LogP contribution in [0.5, 0.6) is 0 Å². The Bertz CT molecular complexity index is 716. The van der Waals surface area contributed by atoms with E-state index in [0.717, 1.165) is 42.1 Å². The molecule has 1 N–H and O–H groups in total. The summed E-state index contributed by atoms with van der Waals surface area (Å²) in [5.74, 6) is 1.95. The second kappa shape index (κ2) is 5.95. The highest BCUT2D eigenvalue weighted by Crippen LogP contribution is 2.15. The van der Waals surface area contributed by atoms with Crippen LogP contribution in [-0.2, 0) is 12.8 Å². The van der Waals surface area contributed by atoms with E-state index in [1.54, 1.807) is 0 Å². The topological polar surface area (TPSA) is 44.8 Å². The number of nitrogens with one attached hydrogen (secondary N) is 1. The molecule has 4 nitrogen and oxygen atoms in total. The van der Waals surface area contributed by atoms with Crippen molar-refractivity contribution in [1.29, 1.82) is 0 Å². The van der Waals surface area contributed by atoms with Crippen LogP contribution >= 0.6 is 0 Å². The third-order valence-corrected chi connectivity index (χ3v) is 3.56. The van der Waals surface area contributed by atoms with Gasteiger partial charge in [-0.1, -0.05) is 30.3 Å². The van der Waals surface area contributed by atoms with Crippen LogP contribution in [0.3, 0.4) is 0 Å². The number of aromatic amines is 1. The lowest BCUT2D eigenvalue weighted by atomic mass is 10.1. The third kappa shape index (κ3) is 3.21. The van der Waals surface area contributed by atoms with Crippen molar-refractivity contribution in [2.24, 2.45) is 0 Å². The summed E-state index contributed by atoms with van der Waals surface area (Å²) in [6.45, 7) is 0. The highest BCUT2D eigenvalue weighted by Gasteiger charge is 2.06. The Balaban J connectivity index is 1.67. The second-order valence-corrected chi connectivity index (χ2v) is 5.46. The van der Waals surface area contributed by atoms with Crippen LogP contribution < -0.4 is 4.90 Å². The first-order valence-electron chi connectivity index (χ1n) is 7.29. The zero-order chi connectivity index (χ0) is 14.7. The summed E-state index contributed by atoms with van der Waals surface area (Å²) in [7, 11) is 3.98. The molecule has 0 amide bonds. The Morgan fingerprint density at radius 3 is 2.52 bits per heavy atom. The normalized spacial score (nSPS) is 11.0. The Hall–Kier alpha value is -2.36. The Kier molecular flexibility index (Phi) is 3.86. The van der Waals surface area contributed by atoms with Gasteiger partial charge < -0.3 is 9.88 Å². The molecule has 108 valence electrons. The molecule has 0 atom stereocenters. The van der Waals surface area contributed by atoms with Gasteiger partial charge in [0.25, 0.3) is 0 Å². The minimum absolute atomic E-state index is 0.802. The standard InChI is InChI=1S/C17H20N4/c1-21(2)16-12-11-14-17(20-16)19-15(18-14)10-6-9-13-7-4-3-5-8-13/h3-5,7-8,11-12H,6,9-10H2,1-2H3,(H,18,19,20). The van der Waals surface area contributed by atoms with E-state index in [4.69, 9.17) is 0 Å². The molecule has 3 aromatic rings. The average Bonchev–Trinajstić information content (AvgIpc) is 2.90. The Morgan fingerprint density at radius 1 is 0.952 bits per heavy atom. The monoisotopic (exact) mass is 280 g/mol. The molecule has 0 aliphatic carbocycles. The van der Waals surface area contributed by atoms with Gasteiger partial charge >= 0.3 is 0 Å². The number of benzene rings is 1. The molecule has 0 bridgehead atoms. The number of nitrogens with zero attached hydrogens (tertiary/aromatic N) is 3. The zero-order valence-electron chi connectivity index (χ0n) is 12.5. The number of imidazole rings is 1. The van der Waals surface area contributed by atoms with E-state index in [9.17, 15) is 0 Å². The van der Waals surface area contributed by atoms with Gasteiger partial charge in [-0.25, -0.2) is 9.97 Å². The molecule has 0 aliphatic heterocycles. The smallest absolute Gasteiger partial charge is 0.179 e. The maximum Gasteiger partial charge on any atom is 0.179 e. The largest absolute Gasteiger partial charge is 0.363 e. The molecule has 0 fully saturated rings. The molecular formula is C17H20N4. The average molecular weight is 280 g/mol. The zero-order valence-corrected chi connectivity index (χ0v) is 12.5. The highest BCUT2D eigenvalue weighted by atomic mass is 15.1. The quantitative estimate of drug-likeness (QED) is 0.780. The van der Waals surface area contributed by atoms with Gasteiger partial charge in [0.2, 0.25) is 0 Å². The molecule has 4 heteroatoms. The van der Waals surface area contributed by atoms with E-state index in [1.165, 1.54) is 5.56 Å². The summed E-state index contributed by atoms with van der Waals surface area (Å²) in [6, 6.07) is 14.6. The molecule has 2 aromatic heterocycles. The number of pyridine rings is 1. The van der Waals surface area contributed by atoms with E-state index < -0.39 is 0 Å². The van der Waals surface area contributed by atoms with Crippen LogP contribution in [0.15, 0.2) is 42.5 Å². The first-order valence-corrected chi connectivity index (χ1v) is 7.29. The van der Waals surface area contributed by atoms with Crippen molar-refractivity contribution in [3.8, 4) is 0 Å². The molecule has 1 aromatic carbocycles. The van der Waals surface area contributed by atoms with E-state index in [-0.39, 0.29) is 0 Å². The first-order chi connectivity index (χ1) is 10.2. The summed E-state index contributed by atoms with van der Waals surface area (Å²) >= 11 is 0. The molecule has 0 spiro atoms. The van der Waals surface area contributed by atoms with Crippen molar-refractivity contribution in [3.63, 3.8) is 0 Å². The van der Waals surface area contributed by atoms with Gasteiger partial charge in [0.05, 0.1) is 5.52 Å². The van der Waals surface area contributed by atoms with Crippen LogP contribution in [0, 0.1) is 0 Å². The maximum absolute atomic E-state index is 4.59. The number of anilines is 1. The highest BCUT2D eigenvalue weighted by molar-refractivity contribution is 5.73. The van der Waals surface area contributed by atoms with Crippen molar-refractivity contribution >= 4 is 17.0 Å². The predicted molar refractivity (Wildman–Crippen MR) is 86.7 cm³/mol. The molecule has 0 saturated carbocycles. The van der Waals surface area contributed by atoms with E-state index >= 15 is 0 Å². The van der Waals surface area contributed by atoms with Gasteiger partial charge in [-0.2, -0.15) is 0 Å². The van der Waals surface area contributed by atoms with Crippen molar-refractivity contribution in [1.82, 2.24) is 15.0 Å². The van der Waals surface area contributed by atoms with E-state index in [0.29, 0.717) is 0 Å². The van der Waals surface area contributed by atoms with Gasteiger partial charge in [-0.15, -0.1) is 0 Å². The second-order valence-electron chi connectivity index (χ2n) is 5.46. The minimum Gasteiger partial charge on any atom is -0.363 e. The number of hydrogen-bond donors (Lipinski definition) is 1. The molecule has 21 heavy (non-hydrogen) atoms. The predicted octanol–water partition coefficient (Wildman–Crippen LogP) is 3.20. The van der Waals surface area contributed by atoms with Crippen LogP contribution in [0.4, 0.5) is 5.82 Å². The lowest BCUT2D eigenvalue weighted by Crippen LogP contribution is -2.10. The van der Waals surface area contributed by atoms with Gasteiger partial charge in [0.15, 0.2) is 5.65 Å². The van der Waals surface area contributed by atoms with E-state index in [1.807, 2.05) is 31.1 Å². The summed E-state index contributed by atoms with van der Waals surface area (Å²) < 4.78 is 0. The minimum atomic E-state index is 0.802. The van der Waals surface area contributed by atoms with Crippen LogP contribution in [0.25, 0.3) is 11.2 Å². The Labute approximate surface area is 124 Å². The van der Waals surface area contributed by atoms with Crippen molar-refractivity contribution in [3.05, 3.63) is 53.9 Å². The van der Waals surface area contributed by atoms with Crippen LogP contribution in [-0.4, -0.2) is 29.0 Å². The number of aromatic nitrogens is 3. The first kappa shape index (κ1) is 13.6. The Morgan fingerprint density at radius 2 is 1.76 bits per heavy atom. The lowest BCUT2D eigenvalue weighted by molar-refractivity contribution is 0.785. The number of hydrogen-bond acceptors (Lipinski definition) is 3. The van der Waals surface area contributed by atoms with Gasteiger partial charge in [-0.3, -0.25) is 0 Å². The number of fused-ring (bicyclic) bond motifs is 1. The van der Waals surface area contributed by atoms with Crippen LogP contribution in [0.1, 0.15) is 17.8 Å². The molecule has 0 saturated heterocycles.